The minimum absolute atomic E-state index is 0.00268. The van der Waals surface area contributed by atoms with Crippen LogP contribution in [-0.4, -0.2) is 26.2 Å². The third kappa shape index (κ3) is 3.57. The van der Waals surface area contributed by atoms with Crippen LogP contribution in [0.1, 0.15) is 50.4 Å². The minimum atomic E-state index is -0.00268. The van der Waals surface area contributed by atoms with Gasteiger partial charge in [-0.15, -0.1) is 11.8 Å². The average Bonchev–Trinajstić information content (AvgIpc) is 2.66. The van der Waals surface area contributed by atoms with Crippen LogP contribution >= 0.6 is 11.8 Å². The van der Waals surface area contributed by atoms with E-state index in [0.717, 1.165) is 17.1 Å². The number of hydrogen-bond acceptors (Lipinski definition) is 3. The van der Waals surface area contributed by atoms with Crippen LogP contribution in [0.3, 0.4) is 0 Å². The number of aromatic nitrogens is 2. The summed E-state index contributed by atoms with van der Waals surface area (Å²) in [5.74, 6) is 0.0970. The number of aryl methyl sites for hydroxylation is 2. The second-order valence-corrected chi connectivity index (χ2v) is 7.34. The Morgan fingerprint density at radius 1 is 1.35 bits per heavy atom. The molecule has 20 heavy (non-hydrogen) atoms. The SMILES string of the molecule is Cc1nn(C)c(C)c1NC(=O)C(C)SC1CCCCC1. The van der Waals surface area contributed by atoms with Crippen molar-refractivity contribution in [1.29, 1.82) is 0 Å². The molecule has 1 atom stereocenters. The summed E-state index contributed by atoms with van der Waals surface area (Å²) in [5, 5.41) is 8.03. The molecule has 1 unspecified atom stereocenters. The molecule has 4 nitrogen and oxygen atoms in total. The van der Waals surface area contributed by atoms with Gasteiger partial charge in [0.1, 0.15) is 0 Å². The van der Waals surface area contributed by atoms with Gasteiger partial charge < -0.3 is 5.32 Å². The fourth-order valence-corrected chi connectivity index (χ4v) is 4.10. The number of carbonyl (C=O) groups excluding carboxylic acids is 1. The van der Waals surface area contributed by atoms with Gasteiger partial charge in [0.2, 0.25) is 5.91 Å². The smallest absolute Gasteiger partial charge is 0.237 e. The van der Waals surface area contributed by atoms with E-state index in [4.69, 9.17) is 0 Å². The number of thioether (sulfide) groups is 1. The van der Waals surface area contributed by atoms with E-state index in [0.29, 0.717) is 5.25 Å². The highest BCUT2D eigenvalue weighted by Gasteiger charge is 2.22. The second kappa shape index (κ2) is 6.66. The first-order valence-corrected chi connectivity index (χ1v) is 8.40. The Morgan fingerprint density at radius 3 is 2.55 bits per heavy atom. The highest BCUT2D eigenvalue weighted by Crippen LogP contribution is 2.31. The van der Waals surface area contributed by atoms with Crippen LogP contribution in [0.4, 0.5) is 5.69 Å². The van der Waals surface area contributed by atoms with Gasteiger partial charge in [-0.25, -0.2) is 0 Å². The van der Waals surface area contributed by atoms with Crippen molar-refractivity contribution in [2.75, 3.05) is 5.32 Å². The van der Waals surface area contributed by atoms with Crippen molar-refractivity contribution in [3.63, 3.8) is 0 Å². The van der Waals surface area contributed by atoms with Gasteiger partial charge in [0, 0.05) is 12.3 Å². The largest absolute Gasteiger partial charge is 0.322 e. The molecule has 5 heteroatoms. The zero-order valence-corrected chi connectivity index (χ0v) is 13.7. The summed E-state index contributed by atoms with van der Waals surface area (Å²) < 4.78 is 1.81. The molecule has 0 radical (unpaired) electrons. The van der Waals surface area contributed by atoms with Crippen molar-refractivity contribution >= 4 is 23.4 Å². The van der Waals surface area contributed by atoms with Gasteiger partial charge in [-0.3, -0.25) is 9.48 Å². The lowest BCUT2D eigenvalue weighted by molar-refractivity contribution is -0.115. The van der Waals surface area contributed by atoms with Crippen LogP contribution in [0.5, 0.6) is 0 Å². The number of amides is 1. The molecule has 0 aliphatic heterocycles. The molecule has 2 rings (SSSR count). The molecule has 0 saturated heterocycles. The molecule has 0 spiro atoms. The Kier molecular flexibility index (Phi) is 5.13. The van der Waals surface area contributed by atoms with Crippen molar-refractivity contribution < 1.29 is 4.79 Å². The minimum Gasteiger partial charge on any atom is -0.322 e. The van der Waals surface area contributed by atoms with Gasteiger partial charge in [-0.05, 0) is 33.6 Å². The summed E-state index contributed by atoms with van der Waals surface area (Å²) in [6.07, 6.45) is 6.49. The van der Waals surface area contributed by atoms with E-state index < -0.39 is 0 Å². The predicted molar refractivity (Wildman–Crippen MR) is 85.2 cm³/mol. The number of nitrogens with one attached hydrogen (secondary N) is 1. The first-order valence-electron chi connectivity index (χ1n) is 7.45. The molecule has 1 amide bonds. The first kappa shape index (κ1) is 15.4. The van der Waals surface area contributed by atoms with Crippen LogP contribution < -0.4 is 5.32 Å². The van der Waals surface area contributed by atoms with Crippen LogP contribution in [0.2, 0.25) is 0 Å². The molecule has 1 fully saturated rings. The number of hydrogen-bond donors (Lipinski definition) is 1. The molecule has 1 aliphatic carbocycles. The first-order chi connectivity index (χ1) is 9.49. The molecule has 0 bridgehead atoms. The number of anilines is 1. The van der Waals surface area contributed by atoms with Crippen LogP contribution in [0.15, 0.2) is 0 Å². The van der Waals surface area contributed by atoms with Gasteiger partial charge >= 0.3 is 0 Å². The van der Waals surface area contributed by atoms with Crippen molar-refractivity contribution in [1.82, 2.24) is 9.78 Å². The molecular weight excluding hydrogens is 270 g/mol. The van der Waals surface area contributed by atoms with Gasteiger partial charge in [-0.1, -0.05) is 19.3 Å². The van der Waals surface area contributed by atoms with E-state index in [2.05, 4.69) is 10.4 Å². The molecule has 1 aromatic rings. The topological polar surface area (TPSA) is 46.9 Å². The standard InChI is InChI=1S/C15H25N3OS/c1-10-14(11(2)18(4)17-10)16-15(19)12(3)20-13-8-6-5-7-9-13/h12-13H,5-9H2,1-4H3,(H,16,19). The van der Waals surface area contributed by atoms with Gasteiger partial charge in [0.05, 0.1) is 22.3 Å². The maximum atomic E-state index is 12.3. The Balaban J connectivity index is 1.93. The number of nitrogens with zero attached hydrogens (tertiary/aromatic N) is 2. The molecule has 0 aromatic carbocycles. The van der Waals surface area contributed by atoms with Crippen molar-refractivity contribution in [2.24, 2.45) is 7.05 Å². The van der Waals surface area contributed by atoms with E-state index in [-0.39, 0.29) is 11.2 Å². The highest BCUT2D eigenvalue weighted by molar-refractivity contribution is 8.01. The number of carbonyl (C=O) groups is 1. The molecule has 1 saturated carbocycles. The summed E-state index contributed by atoms with van der Waals surface area (Å²) in [5.41, 5.74) is 2.76. The van der Waals surface area contributed by atoms with Crippen molar-refractivity contribution in [3.05, 3.63) is 11.4 Å². The Morgan fingerprint density at radius 2 is 2.00 bits per heavy atom. The van der Waals surface area contributed by atoms with Gasteiger partial charge in [-0.2, -0.15) is 5.10 Å². The molecule has 1 aliphatic rings. The fraction of sp³-hybridized carbons (Fsp3) is 0.733. The van der Waals surface area contributed by atoms with Gasteiger partial charge in [0.25, 0.3) is 0 Å². The summed E-state index contributed by atoms with van der Waals surface area (Å²) in [7, 11) is 1.90. The fourth-order valence-electron chi connectivity index (χ4n) is 2.73. The van der Waals surface area contributed by atoms with Crippen LogP contribution in [0.25, 0.3) is 0 Å². The van der Waals surface area contributed by atoms with Crippen molar-refractivity contribution in [3.8, 4) is 0 Å². The maximum absolute atomic E-state index is 12.3. The Bertz CT molecular complexity index is 478. The van der Waals surface area contributed by atoms with E-state index in [1.54, 1.807) is 0 Å². The summed E-state index contributed by atoms with van der Waals surface area (Å²) in [6.45, 7) is 5.92. The Hall–Kier alpha value is -0.970. The number of rotatable bonds is 4. The second-order valence-electron chi connectivity index (χ2n) is 5.70. The normalized spacial score (nSPS) is 18.0. The van der Waals surface area contributed by atoms with E-state index in [9.17, 15) is 4.79 Å². The zero-order chi connectivity index (χ0) is 14.7. The lowest BCUT2D eigenvalue weighted by atomic mass is 10.0. The summed E-state index contributed by atoms with van der Waals surface area (Å²) >= 11 is 1.83. The van der Waals surface area contributed by atoms with Crippen molar-refractivity contribution in [2.45, 2.75) is 63.4 Å². The third-order valence-corrected chi connectivity index (χ3v) is 5.55. The van der Waals surface area contributed by atoms with E-state index >= 15 is 0 Å². The lowest BCUT2D eigenvalue weighted by Gasteiger charge is -2.23. The van der Waals surface area contributed by atoms with Crippen LogP contribution in [-0.2, 0) is 11.8 Å². The zero-order valence-electron chi connectivity index (χ0n) is 12.9. The predicted octanol–water partition coefficient (Wildman–Crippen LogP) is 3.43. The van der Waals surface area contributed by atoms with Crippen LogP contribution in [0, 0.1) is 13.8 Å². The molecule has 1 aromatic heterocycles. The summed E-state index contributed by atoms with van der Waals surface area (Å²) in [4.78, 5) is 12.3. The van der Waals surface area contributed by atoms with E-state index in [1.165, 1.54) is 32.1 Å². The maximum Gasteiger partial charge on any atom is 0.237 e. The van der Waals surface area contributed by atoms with E-state index in [1.807, 2.05) is 44.3 Å². The third-order valence-electron chi connectivity index (χ3n) is 4.08. The average molecular weight is 295 g/mol. The highest BCUT2D eigenvalue weighted by atomic mass is 32.2. The molecule has 1 N–H and O–H groups in total. The summed E-state index contributed by atoms with van der Waals surface area (Å²) in [6, 6.07) is 0. The monoisotopic (exact) mass is 295 g/mol. The Labute approximate surface area is 125 Å². The lowest BCUT2D eigenvalue weighted by Crippen LogP contribution is -2.26. The molecule has 112 valence electrons. The van der Waals surface area contributed by atoms with Gasteiger partial charge in [0.15, 0.2) is 0 Å². The quantitative estimate of drug-likeness (QED) is 0.925. The molecular formula is C15H25N3OS. The molecule has 1 heterocycles.